The van der Waals surface area contributed by atoms with Crippen LogP contribution in [0.4, 0.5) is 0 Å². The molecule has 1 heterocycles. The third-order valence-electron chi connectivity index (χ3n) is 2.33. The Balaban J connectivity index is 2.42. The van der Waals surface area contributed by atoms with Crippen molar-refractivity contribution in [1.82, 2.24) is 0 Å². The number of rotatable bonds is 4. The summed E-state index contributed by atoms with van der Waals surface area (Å²) in [7, 11) is 1.64. The molecule has 3 heteroatoms. The summed E-state index contributed by atoms with van der Waals surface area (Å²) in [5.41, 5.74) is -0.533. The van der Waals surface area contributed by atoms with Crippen LogP contribution in [0.1, 0.15) is 25.7 Å². The molecule has 70 valence electrons. The van der Waals surface area contributed by atoms with Crippen LogP contribution in [0.25, 0.3) is 0 Å². The van der Waals surface area contributed by atoms with Gasteiger partial charge in [0.1, 0.15) is 5.60 Å². The molecule has 0 aromatic carbocycles. The van der Waals surface area contributed by atoms with Crippen LogP contribution in [0.5, 0.6) is 0 Å². The van der Waals surface area contributed by atoms with Gasteiger partial charge in [-0.25, -0.2) is 0 Å². The zero-order chi connectivity index (χ0) is 8.86. The highest BCUT2D eigenvalue weighted by molar-refractivity contribution is 5.62. The van der Waals surface area contributed by atoms with E-state index in [1.807, 2.05) is 0 Å². The minimum Gasteiger partial charge on any atom is -0.385 e. The van der Waals surface area contributed by atoms with Gasteiger partial charge >= 0.3 is 0 Å². The van der Waals surface area contributed by atoms with Crippen molar-refractivity contribution in [2.24, 2.45) is 0 Å². The highest BCUT2D eigenvalue weighted by atomic mass is 16.5. The Kier molecular flexibility index (Phi) is 3.69. The van der Waals surface area contributed by atoms with Crippen LogP contribution in [0.15, 0.2) is 0 Å². The van der Waals surface area contributed by atoms with Gasteiger partial charge in [-0.3, -0.25) is 0 Å². The first kappa shape index (κ1) is 9.68. The molecule has 0 radical (unpaired) electrons. The number of carbonyl (C=O) groups is 1. The van der Waals surface area contributed by atoms with Gasteiger partial charge in [0.2, 0.25) is 0 Å². The number of hydrogen-bond acceptors (Lipinski definition) is 3. The van der Waals surface area contributed by atoms with Crippen molar-refractivity contribution in [3.8, 4) is 0 Å². The standard InChI is InChI=1S/C9H16O3/c1-11-7-5-9(8-10)4-2-3-6-12-9/h8H,2-7H2,1H3. The zero-order valence-electron chi connectivity index (χ0n) is 7.54. The lowest BCUT2D eigenvalue weighted by Gasteiger charge is -2.31. The monoisotopic (exact) mass is 172 g/mol. The largest absolute Gasteiger partial charge is 0.385 e. The van der Waals surface area contributed by atoms with Gasteiger partial charge in [0.15, 0.2) is 6.29 Å². The van der Waals surface area contributed by atoms with Gasteiger partial charge in [-0.05, 0) is 19.3 Å². The third-order valence-corrected chi connectivity index (χ3v) is 2.33. The SMILES string of the molecule is COCCC1(C=O)CCCCO1. The molecule has 1 saturated heterocycles. The number of carbonyl (C=O) groups excluding carboxylic acids is 1. The maximum Gasteiger partial charge on any atom is 0.151 e. The predicted molar refractivity (Wildman–Crippen MR) is 45.1 cm³/mol. The Morgan fingerprint density at radius 3 is 2.92 bits per heavy atom. The summed E-state index contributed by atoms with van der Waals surface area (Å²) in [5, 5.41) is 0. The van der Waals surface area contributed by atoms with E-state index in [2.05, 4.69) is 0 Å². The minimum absolute atomic E-state index is 0.533. The van der Waals surface area contributed by atoms with E-state index in [9.17, 15) is 4.79 Å². The second-order valence-electron chi connectivity index (χ2n) is 3.23. The second-order valence-corrected chi connectivity index (χ2v) is 3.23. The zero-order valence-corrected chi connectivity index (χ0v) is 7.54. The Hall–Kier alpha value is -0.410. The summed E-state index contributed by atoms with van der Waals surface area (Å²) >= 11 is 0. The van der Waals surface area contributed by atoms with E-state index in [4.69, 9.17) is 9.47 Å². The van der Waals surface area contributed by atoms with Gasteiger partial charge in [-0.1, -0.05) is 0 Å². The molecule has 0 spiro atoms. The van der Waals surface area contributed by atoms with E-state index in [1.165, 1.54) is 0 Å². The van der Waals surface area contributed by atoms with Crippen LogP contribution in [0.3, 0.4) is 0 Å². The quantitative estimate of drug-likeness (QED) is 0.597. The molecule has 12 heavy (non-hydrogen) atoms. The highest BCUT2D eigenvalue weighted by Gasteiger charge is 2.32. The Morgan fingerprint density at radius 1 is 1.58 bits per heavy atom. The summed E-state index contributed by atoms with van der Waals surface area (Å²) in [5.74, 6) is 0. The molecule has 1 aliphatic heterocycles. The summed E-state index contributed by atoms with van der Waals surface area (Å²) in [6.45, 7) is 1.31. The number of aldehydes is 1. The van der Waals surface area contributed by atoms with Crippen LogP contribution in [-0.2, 0) is 14.3 Å². The maximum atomic E-state index is 10.8. The molecule has 0 N–H and O–H groups in total. The molecule has 0 saturated carbocycles. The fourth-order valence-electron chi connectivity index (χ4n) is 1.50. The molecule has 0 aliphatic carbocycles. The van der Waals surface area contributed by atoms with Crippen molar-refractivity contribution < 1.29 is 14.3 Å². The van der Waals surface area contributed by atoms with Gasteiger partial charge in [0.25, 0.3) is 0 Å². The van der Waals surface area contributed by atoms with Gasteiger partial charge in [0, 0.05) is 26.7 Å². The van der Waals surface area contributed by atoms with E-state index in [-0.39, 0.29) is 0 Å². The Morgan fingerprint density at radius 2 is 2.42 bits per heavy atom. The molecule has 1 rings (SSSR count). The molecule has 0 aromatic rings. The van der Waals surface area contributed by atoms with Gasteiger partial charge in [-0.15, -0.1) is 0 Å². The minimum atomic E-state index is -0.533. The van der Waals surface area contributed by atoms with E-state index in [1.54, 1.807) is 7.11 Å². The Labute approximate surface area is 73.0 Å². The van der Waals surface area contributed by atoms with Gasteiger partial charge in [-0.2, -0.15) is 0 Å². The molecule has 1 aliphatic rings. The average Bonchev–Trinajstić information content (AvgIpc) is 2.16. The second kappa shape index (κ2) is 4.58. The number of ether oxygens (including phenoxy) is 2. The van der Waals surface area contributed by atoms with Crippen molar-refractivity contribution in [3.05, 3.63) is 0 Å². The summed E-state index contributed by atoms with van der Waals surface area (Å²) in [4.78, 5) is 10.8. The van der Waals surface area contributed by atoms with Crippen molar-refractivity contribution in [3.63, 3.8) is 0 Å². The van der Waals surface area contributed by atoms with Gasteiger partial charge in [0.05, 0.1) is 0 Å². The van der Waals surface area contributed by atoms with Crippen LogP contribution in [0, 0.1) is 0 Å². The third kappa shape index (κ3) is 2.29. The van der Waals surface area contributed by atoms with Crippen LogP contribution in [-0.4, -0.2) is 32.2 Å². The lowest BCUT2D eigenvalue weighted by molar-refractivity contribution is -0.140. The van der Waals surface area contributed by atoms with Crippen LogP contribution < -0.4 is 0 Å². The highest BCUT2D eigenvalue weighted by Crippen LogP contribution is 2.26. The summed E-state index contributed by atoms with van der Waals surface area (Å²) in [6.07, 6.45) is 4.63. The van der Waals surface area contributed by atoms with E-state index in [0.717, 1.165) is 25.5 Å². The molecule has 0 bridgehead atoms. The van der Waals surface area contributed by atoms with Crippen LogP contribution in [0.2, 0.25) is 0 Å². The van der Waals surface area contributed by atoms with E-state index >= 15 is 0 Å². The van der Waals surface area contributed by atoms with Crippen molar-refractivity contribution in [2.45, 2.75) is 31.3 Å². The first-order valence-electron chi connectivity index (χ1n) is 4.42. The van der Waals surface area contributed by atoms with Gasteiger partial charge < -0.3 is 14.3 Å². The van der Waals surface area contributed by atoms with Crippen LogP contribution >= 0.6 is 0 Å². The summed E-state index contributed by atoms with van der Waals surface area (Å²) in [6, 6.07) is 0. The molecule has 3 nitrogen and oxygen atoms in total. The predicted octanol–water partition coefficient (Wildman–Crippen LogP) is 1.16. The van der Waals surface area contributed by atoms with E-state index < -0.39 is 5.60 Å². The Bertz CT molecular complexity index is 139. The first-order chi connectivity index (χ1) is 5.83. The average molecular weight is 172 g/mol. The molecule has 0 amide bonds. The summed E-state index contributed by atoms with van der Waals surface area (Å²) < 4.78 is 10.4. The molecule has 1 atom stereocenters. The number of hydrogen-bond donors (Lipinski definition) is 0. The molecule has 1 fully saturated rings. The van der Waals surface area contributed by atoms with Crippen molar-refractivity contribution in [2.75, 3.05) is 20.3 Å². The number of methoxy groups -OCH3 is 1. The molecule has 0 aromatic heterocycles. The van der Waals surface area contributed by atoms with Crippen molar-refractivity contribution >= 4 is 6.29 Å². The fraction of sp³-hybridized carbons (Fsp3) is 0.889. The molecule has 1 unspecified atom stereocenters. The molecular formula is C9H16O3. The van der Waals surface area contributed by atoms with E-state index in [0.29, 0.717) is 19.6 Å². The first-order valence-corrected chi connectivity index (χ1v) is 4.42. The molecular weight excluding hydrogens is 156 g/mol. The smallest absolute Gasteiger partial charge is 0.151 e. The topological polar surface area (TPSA) is 35.5 Å². The lowest BCUT2D eigenvalue weighted by atomic mass is 9.92. The maximum absolute atomic E-state index is 10.8. The van der Waals surface area contributed by atoms with Crippen molar-refractivity contribution in [1.29, 1.82) is 0 Å². The lowest BCUT2D eigenvalue weighted by Crippen LogP contribution is -2.39. The fourth-order valence-corrected chi connectivity index (χ4v) is 1.50. The normalized spacial score (nSPS) is 30.1.